The maximum Gasteiger partial charge on any atom is 0.287 e. The molecule has 1 aromatic heterocycles. The SMILES string of the molecule is Cn1ncc(NCC(O)Cc2ccccc2)c(Cl)c1=O. The molecule has 2 N–H and O–H groups in total. The molecule has 0 saturated carbocycles. The van der Waals surface area contributed by atoms with Crippen molar-refractivity contribution < 1.29 is 5.11 Å². The summed E-state index contributed by atoms with van der Waals surface area (Å²) in [5.74, 6) is 0. The molecule has 0 amide bonds. The van der Waals surface area contributed by atoms with Gasteiger partial charge >= 0.3 is 0 Å². The number of benzene rings is 1. The molecular weight excluding hydrogens is 278 g/mol. The molecule has 6 heteroatoms. The lowest BCUT2D eigenvalue weighted by molar-refractivity contribution is 0.188. The summed E-state index contributed by atoms with van der Waals surface area (Å²) in [5, 5.41) is 16.9. The normalized spacial score (nSPS) is 12.2. The maximum atomic E-state index is 11.6. The van der Waals surface area contributed by atoms with Crippen molar-refractivity contribution in [3.63, 3.8) is 0 Å². The first-order valence-electron chi connectivity index (χ1n) is 6.25. The van der Waals surface area contributed by atoms with Gasteiger partial charge in [0.05, 0.1) is 18.0 Å². The summed E-state index contributed by atoms with van der Waals surface area (Å²) in [5.41, 5.74) is 1.12. The molecule has 0 aliphatic rings. The molecule has 0 saturated heterocycles. The highest BCUT2D eigenvalue weighted by molar-refractivity contribution is 6.32. The van der Waals surface area contributed by atoms with E-state index in [1.54, 1.807) is 0 Å². The molecule has 0 bridgehead atoms. The third kappa shape index (κ3) is 3.59. The van der Waals surface area contributed by atoms with E-state index in [9.17, 15) is 9.90 Å². The second-order valence-electron chi connectivity index (χ2n) is 4.53. The third-order valence-corrected chi connectivity index (χ3v) is 3.29. The lowest BCUT2D eigenvalue weighted by atomic mass is 10.1. The van der Waals surface area contributed by atoms with Crippen LogP contribution in [0.1, 0.15) is 5.56 Å². The van der Waals surface area contributed by atoms with E-state index in [0.29, 0.717) is 18.7 Å². The predicted molar refractivity (Wildman–Crippen MR) is 79.1 cm³/mol. The monoisotopic (exact) mass is 293 g/mol. The Morgan fingerprint density at radius 2 is 2.10 bits per heavy atom. The number of aromatic nitrogens is 2. The van der Waals surface area contributed by atoms with Crippen LogP contribution in [0, 0.1) is 0 Å². The highest BCUT2D eigenvalue weighted by Gasteiger charge is 2.10. The summed E-state index contributed by atoms with van der Waals surface area (Å²) < 4.78 is 1.16. The number of anilines is 1. The van der Waals surface area contributed by atoms with Crippen LogP contribution in [-0.4, -0.2) is 27.5 Å². The fourth-order valence-corrected chi connectivity index (χ4v) is 2.06. The number of hydrogen-bond donors (Lipinski definition) is 2. The fraction of sp³-hybridized carbons (Fsp3) is 0.286. The van der Waals surface area contributed by atoms with Gasteiger partial charge in [-0.3, -0.25) is 4.79 Å². The molecule has 106 valence electrons. The van der Waals surface area contributed by atoms with Gasteiger partial charge in [0.25, 0.3) is 5.56 Å². The Balaban J connectivity index is 1.95. The standard InChI is InChI=1S/C14H16ClN3O2/c1-18-14(20)13(15)12(9-17-18)16-8-11(19)7-10-5-3-2-4-6-10/h2-6,9,11,16,19H,7-8H2,1H3. The van der Waals surface area contributed by atoms with Gasteiger partial charge in [0, 0.05) is 20.0 Å². The number of hydrogen-bond acceptors (Lipinski definition) is 4. The van der Waals surface area contributed by atoms with Crippen molar-refractivity contribution in [2.24, 2.45) is 7.05 Å². The van der Waals surface area contributed by atoms with Crippen LogP contribution in [-0.2, 0) is 13.5 Å². The van der Waals surface area contributed by atoms with E-state index < -0.39 is 6.10 Å². The van der Waals surface area contributed by atoms with Crippen LogP contribution in [0.5, 0.6) is 0 Å². The van der Waals surface area contributed by atoms with Gasteiger partial charge in [0.2, 0.25) is 0 Å². The van der Waals surface area contributed by atoms with E-state index in [2.05, 4.69) is 10.4 Å². The summed E-state index contributed by atoms with van der Waals surface area (Å²) in [7, 11) is 1.53. The van der Waals surface area contributed by atoms with Gasteiger partial charge in [0.1, 0.15) is 5.02 Å². The molecule has 0 radical (unpaired) electrons. The van der Waals surface area contributed by atoms with Crippen molar-refractivity contribution in [3.8, 4) is 0 Å². The van der Waals surface area contributed by atoms with Crippen molar-refractivity contribution >= 4 is 17.3 Å². The van der Waals surface area contributed by atoms with E-state index in [0.717, 1.165) is 10.2 Å². The lowest BCUT2D eigenvalue weighted by Crippen LogP contribution is -2.25. The van der Waals surface area contributed by atoms with Crippen molar-refractivity contribution in [3.05, 3.63) is 57.5 Å². The van der Waals surface area contributed by atoms with Crippen LogP contribution < -0.4 is 10.9 Å². The minimum absolute atomic E-state index is 0.0782. The van der Waals surface area contributed by atoms with Crippen LogP contribution in [0.3, 0.4) is 0 Å². The summed E-state index contributed by atoms with van der Waals surface area (Å²) in [6.45, 7) is 0.295. The van der Waals surface area contributed by atoms with Crippen molar-refractivity contribution in [2.75, 3.05) is 11.9 Å². The molecule has 0 fully saturated rings. The summed E-state index contributed by atoms with van der Waals surface area (Å²) in [6, 6.07) is 9.69. The Morgan fingerprint density at radius 3 is 2.80 bits per heavy atom. The van der Waals surface area contributed by atoms with Crippen molar-refractivity contribution in [1.82, 2.24) is 9.78 Å². The number of aliphatic hydroxyl groups is 1. The first-order valence-corrected chi connectivity index (χ1v) is 6.63. The molecule has 0 aliphatic heterocycles. The largest absolute Gasteiger partial charge is 0.391 e. The number of halogens is 1. The number of nitrogens with zero attached hydrogens (tertiary/aromatic N) is 2. The first-order chi connectivity index (χ1) is 9.58. The fourth-order valence-electron chi connectivity index (χ4n) is 1.82. The Bertz CT molecular complexity index is 628. The number of nitrogens with one attached hydrogen (secondary N) is 1. The zero-order valence-electron chi connectivity index (χ0n) is 11.1. The predicted octanol–water partition coefficient (Wildman–Crippen LogP) is 1.45. The van der Waals surface area contributed by atoms with E-state index in [1.165, 1.54) is 13.2 Å². The smallest absolute Gasteiger partial charge is 0.287 e. The number of aliphatic hydroxyl groups excluding tert-OH is 1. The quantitative estimate of drug-likeness (QED) is 0.875. The molecule has 20 heavy (non-hydrogen) atoms. The number of rotatable bonds is 5. The highest BCUT2D eigenvalue weighted by atomic mass is 35.5. The van der Waals surface area contributed by atoms with Gasteiger partial charge in [-0.05, 0) is 5.56 Å². The first kappa shape index (κ1) is 14.6. The lowest BCUT2D eigenvalue weighted by Gasteiger charge is -2.13. The molecule has 5 nitrogen and oxygen atoms in total. The van der Waals surface area contributed by atoms with Crippen molar-refractivity contribution in [2.45, 2.75) is 12.5 Å². The molecule has 1 aromatic carbocycles. The molecule has 2 rings (SSSR count). The van der Waals surface area contributed by atoms with Gasteiger partial charge < -0.3 is 10.4 Å². The van der Waals surface area contributed by atoms with Crippen LogP contribution >= 0.6 is 11.6 Å². The highest BCUT2D eigenvalue weighted by Crippen LogP contribution is 2.15. The van der Waals surface area contributed by atoms with Crippen molar-refractivity contribution in [1.29, 1.82) is 0 Å². The second kappa shape index (κ2) is 6.54. The molecule has 1 unspecified atom stereocenters. The Kier molecular flexibility index (Phi) is 4.76. The van der Waals surface area contributed by atoms with E-state index >= 15 is 0 Å². The molecule has 2 aromatic rings. The molecule has 0 aliphatic carbocycles. The Hall–Kier alpha value is -1.85. The Morgan fingerprint density at radius 1 is 1.40 bits per heavy atom. The third-order valence-electron chi connectivity index (χ3n) is 2.92. The summed E-state index contributed by atoms with van der Waals surface area (Å²) in [6.07, 6.45) is 1.43. The van der Waals surface area contributed by atoms with Gasteiger partial charge in [-0.1, -0.05) is 41.9 Å². The Labute approximate surface area is 121 Å². The van der Waals surface area contributed by atoms with E-state index in [1.807, 2.05) is 30.3 Å². The molecule has 1 atom stereocenters. The topological polar surface area (TPSA) is 67.2 Å². The van der Waals surface area contributed by atoms with Gasteiger partial charge in [-0.25, -0.2) is 4.68 Å². The summed E-state index contributed by atoms with van der Waals surface area (Å²) in [4.78, 5) is 11.6. The van der Waals surface area contributed by atoms with Crippen LogP contribution in [0.15, 0.2) is 41.3 Å². The number of aryl methyl sites for hydroxylation is 1. The molecular formula is C14H16ClN3O2. The minimum Gasteiger partial charge on any atom is -0.391 e. The van der Waals surface area contributed by atoms with Gasteiger partial charge in [-0.2, -0.15) is 5.10 Å². The summed E-state index contributed by atoms with van der Waals surface area (Å²) >= 11 is 5.92. The van der Waals surface area contributed by atoms with Crippen LogP contribution in [0.4, 0.5) is 5.69 Å². The zero-order valence-corrected chi connectivity index (χ0v) is 11.8. The van der Waals surface area contributed by atoms with Gasteiger partial charge in [0.15, 0.2) is 0 Å². The van der Waals surface area contributed by atoms with Gasteiger partial charge in [-0.15, -0.1) is 0 Å². The van der Waals surface area contributed by atoms with Crippen LogP contribution in [0.2, 0.25) is 5.02 Å². The maximum absolute atomic E-state index is 11.6. The van der Waals surface area contributed by atoms with Crippen LogP contribution in [0.25, 0.3) is 0 Å². The average molecular weight is 294 g/mol. The minimum atomic E-state index is -0.572. The van der Waals surface area contributed by atoms with E-state index in [4.69, 9.17) is 11.6 Å². The van der Waals surface area contributed by atoms with E-state index in [-0.39, 0.29) is 10.6 Å². The zero-order chi connectivity index (χ0) is 14.5. The average Bonchev–Trinajstić information content (AvgIpc) is 2.45. The molecule has 1 heterocycles. The second-order valence-corrected chi connectivity index (χ2v) is 4.90. The molecule has 0 spiro atoms.